The summed E-state index contributed by atoms with van der Waals surface area (Å²) >= 11 is 0. The predicted octanol–water partition coefficient (Wildman–Crippen LogP) is -0.122. The summed E-state index contributed by atoms with van der Waals surface area (Å²) in [5.41, 5.74) is 0. The molecule has 8 heavy (non-hydrogen) atoms. The Morgan fingerprint density at radius 3 is 2.00 bits per heavy atom. The van der Waals surface area contributed by atoms with E-state index in [0.717, 1.165) is 6.54 Å². The molecule has 0 rings (SSSR count). The fraction of sp³-hybridized carbons (Fsp3) is 1.00. The molecule has 0 aliphatic carbocycles. The van der Waals surface area contributed by atoms with Crippen molar-refractivity contribution in [2.24, 2.45) is 0 Å². The normalized spacial score (nSPS) is 6.75. The highest BCUT2D eigenvalue weighted by atomic mass is 16.9. The molecule has 0 radical (unpaired) electrons. The molecular weight excluding hydrogens is 112 g/mol. The van der Waals surface area contributed by atoms with Crippen LogP contribution in [0.15, 0.2) is 0 Å². The number of hydrogen-bond acceptors (Lipinski definition) is 3. The average molecular weight is 122 g/mol. The zero-order valence-corrected chi connectivity index (χ0v) is 4.92. The van der Waals surface area contributed by atoms with Crippen LogP contribution in [-0.2, 0) is 0 Å². The first-order valence-corrected chi connectivity index (χ1v) is 2.13. The second-order valence-corrected chi connectivity index (χ2v) is 0.945. The van der Waals surface area contributed by atoms with Crippen LogP contribution < -0.4 is 5.32 Å². The van der Waals surface area contributed by atoms with Crippen LogP contribution in [0.1, 0.15) is 6.92 Å². The van der Waals surface area contributed by atoms with Crippen molar-refractivity contribution in [3.8, 4) is 0 Å². The van der Waals surface area contributed by atoms with E-state index < -0.39 is 5.09 Å². The van der Waals surface area contributed by atoms with E-state index in [1.54, 1.807) is 0 Å². The third-order valence-electron chi connectivity index (χ3n) is 0.354. The van der Waals surface area contributed by atoms with Gasteiger partial charge in [-0.25, -0.2) is 0 Å². The molecule has 0 aliphatic heterocycles. The second kappa shape index (κ2) is 9.48. The van der Waals surface area contributed by atoms with E-state index in [4.69, 9.17) is 15.3 Å². The Morgan fingerprint density at radius 1 is 1.88 bits per heavy atom. The predicted molar refractivity (Wildman–Crippen MR) is 28.4 cm³/mol. The molecule has 0 heterocycles. The van der Waals surface area contributed by atoms with E-state index in [1.807, 2.05) is 7.05 Å². The second-order valence-electron chi connectivity index (χ2n) is 0.945. The molecule has 0 bridgehead atoms. The van der Waals surface area contributed by atoms with Crippen LogP contribution in [0.3, 0.4) is 0 Å². The number of rotatable bonds is 1. The topological polar surface area (TPSA) is 75.4 Å². The van der Waals surface area contributed by atoms with Crippen LogP contribution in [0.25, 0.3) is 0 Å². The Hall–Kier alpha value is -0.840. The fourth-order valence-corrected chi connectivity index (χ4v) is 0. The van der Waals surface area contributed by atoms with Gasteiger partial charge in [0.15, 0.2) is 0 Å². The van der Waals surface area contributed by atoms with Crippen LogP contribution in [0.4, 0.5) is 0 Å². The van der Waals surface area contributed by atoms with Gasteiger partial charge in [-0.1, -0.05) is 6.92 Å². The molecular formula is C3H10N2O3. The molecule has 0 unspecified atom stereocenters. The molecule has 0 saturated heterocycles. The molecule has 0 spiro atoms. The largest absolute Gasteiger partial charge is 0.328 e. The van der Waals surface area contributed by atoms with E-state index in [0.29, 0.717) is 0 Å². The first-order chi connectivity index (χ1) is 3.65. The molecule has 0 aromatic carbocycles. The van der Waals surface area contributed by atoms with Crippen LogP contribution in [0, 0.1) is 10.1 Å². The van der Waals surface area contributed by atoms with Crippen molar-refractivity contribution in [3.63, 3.8) is 0 Å². The minimum atomic E-state index is -1.50. The zero-order chi connectivity index (χ0) is 6.99. The van der Waals surface area contributed by atoms with E-state index in [1.165, 1.54) is 0 Å². The van der Waals surface area contributed by atoms with Gasteiger partial charge in [0.2, 0.25) is 0 Å². The van der Waals surface area contributed by atoms with Gasteiger partial charge < -0.3 is 10.5 Å². The lowest BCUT2D eigenvalue weighted by Crippen LogP contribution is -2.01. The number of nitrogens with zero attached hydrogens (tertiary/aromatic N) is 1. The van der Waals surface area contributed by atoms with E-state index in [9.17, 15) is 0 Å². The van der Waals surface area contributed by atoms with E-state index >= 15 is 0 Å². The third-order valence-corrected chi connectivity index (χ3v) is 0.354. The van der Waals surface area contributed by atoms with Crippen LogP contribution in [0.2, 0.25) is 0 Å². The van der Waals surface area contributed by atoms with Crippen molar-refractivity contribution in [2.75, 3.05) is 13.6 Å². The highest BCUT2D eigenvalue weighted by Gasteiger charge is 1.65. The summed E-state index contributed by atoms with van der Waals surface area (Å²) in [5.74, 6) is 0. The van der Waals surface area contributed by atoms with Gasteiger partial charge in [0.05, 0.1) is 0 Å². The molecule has 2 N–H and O–H groups in total. The first kappa shape index (κ1) is 10.2. The standard InChI is InChI=1S/C3H9N.HNO3/c1-3-4-2;2-1(3)4/h4H,3H2,1-2H3;(H,2,3,4). The van der Waals surface area contributed by atoms with E-state index in [-0.39, 0.29) is 0 Å². The molecule has 0 aliphatic rings. The Kier molecular flexibility index (Phi) is 12.1. The molecule has 50 valence electrons. The molecule has 0 fully saturated rings. The highest BCUT2D eigenvalue weighted by Crippen LogP contribution is 1.38. The fourth-order valence-electron chi connectivity index (χ4n) is 0. The molecule has 5 nitrogen and oxygen atoms in total. The summed E-state index contributed by atoms with van der Waals surface area (Å²) in [5, 5.41) is 16.6. The monoisotopic (exact) mass is 122 g/mol. The summed E-state index contributed by atoms with van der Waals surface area (Å²) in [6, 6.07) is 0. The first-order valence-electron chi connectivity index (χ1n) is 2.13. The maximum absolute atomic E-state index is 8.36. The van der Waals surface area contributed by atoms with Crippen molar-refractivity contribution < 1.29 is 10.3 Å². The number of nitrogens with one attached hydrogen (secondary N) is 1. The minimum absolute atomic E-state index is 1.07. The van der Waals surface area contributed by atoms with Gasteiger partial charge in [0, 0.05) is 0 Å². The molecule has 5 heteroatoms. The number of hydrogen-bond donors (Lipinski definition) is 2. The van der Waals surface area contributed by atoms with Gasteiger partial charge in [0.25, 0.3) is 5.09 Å². The Bertz CT molecular complexity index is 50.5. The summed E-state index contributed by atoms with van der Waals surface area (Å²) in [7, 11) is 1.93. The average Bonchev–Trinajstić information content (AvgIpc) is 1.65. The molecule has 0 amide bonds. The molecule has 0 aromatic heterocycles. The SMILES string of the molecule is CCNC.O=[N+]([O-])O. The molecule has 0 saturated carbocycles. The molecule has 0 aromatic rings. The van der Waals surface area contributed by atoms with Crippen LogP contribution in [0.5, 0.6) is 0 Å². The summed E-state index contributed by atoms with van der Waals surface area (Å²) < 4.78 is 0. The van der Waals surface area contributed by atoms with Crippen molar-refractivity contribution in [3.05, 3.63) is 10.1 Å². The molecule has 0 atom stereocenters. The highest BCUT2D eigenvalue weighted by molar-refractivity contribution is 4.15. The van der Waals surface area contributed by atoms with E-state index in [2.05, 4.69) is 12.2 Å². The summed E-state index contributed by atoms with van der Waals surface area (Å²) in [6.45, 7) is 3.14. The lowest BCUT2D eigenvalue weighted by molar-refractivity contribution is -0.742. The Balaban J connectivity index is 0. The van der Waals surface area contributed by atoms with Gasteiger partial charge in [-0.2, -0.15) is 0 Å². The van der Waals surface area contributed by atoms with Gasteiger partial charge in [-0.3, -0.25) is 0 Å². The summed E-state index contributed by atoms with van der Waals surface area (Å²) in [4.78, 5) is 8.36. The zero-order valence-electron chi connectivity index (χ0n) is 4.92. The van der Waals surface area contributed by atoms with Gasteiger partial charge in [0.1, 0.15) is 0 Å². The third kappa shape index (κ3) is 3490. The lowest BCUT2D eigenvalue weighted by Gasteiger charge is -1.76. The van der Waals surface area contributed by atoms with Crippen LogP contribution in [-0.4, -0.2) is 23.9 Å². The minimum Gasteiger partial charge on any atom is -0.328 e. The Morgan fingerprint density at radius 2 is 2.00 bits per heavy atom. The Labute approximate surface area is 47.4 Å². The van der Waals surface area contributed by atoms with Crippen molar-refractivity contribution >= 4 is 0 Å². The van der Waals surface area contributed by atoms with Crippen molar-refractivity contribution in [2.45, 2.75) is 6.92 Å². The maximum Gasteiger partial charge on any atom is 0.291 e. The van der Waals surface area contributed by atoms with Crippen LogP contribution >= 0.6 is 0 Å². The van der Waals surface area contributed by atoms with Gasteiger partial charge in [-0.05, 0) is 13.6 Å². The lowest BCUT2D eigenvalue weighted by atomic mass is 10.8. The van der Waals surface area contributed by atoms with Gasteiger partial charge >= 0.3 is 0 Å². The quantitative estimate of drug-likeness (QED) is 0.375. The van der Waals surface area contributed by atoms with Gasteiger partial charge in [-0.15, -0.1) is 10.1 Å². The van der Waals surface area contributed by atoms with Crippen molar-refractivity contribution in [1.29, 1.82) is 0 Å². The smallest absolute Gasteiger partial charge is 0.291 e. The van der Waals surface area contributed by atoms with Crippen molar-refractivity contribution in [1.82, 2.24) is 5.32 Å². The maximum atomic E-state index is 8.36. The summed E-state index contributed by atoms with van der Waals surface area (Å²) in [6.07, 6.45) is 0.